The molecule has 1 saturated heterocycles. The van der Waals surface area contributed by atoms with Gasteiger partial charge in [0.15, 0.2) is 0 Å². The van der Waals surface area contributed by atoms with Gasteiger partial charge in [-0.1, -0.05) is 12.1 Å². The lowest BCUT2D eigenvalue weighted by Gasteiger charge is -2.41. The summed E-state index contributed by atoms with van der Waals surface area (Å²) in [7, 11) is 1.73. The Balaban J connectivity index is 0.00000196. The zero-order chi connectivity index (χ0) is 18.5. The molecule has 28 heavy (non-hydrogen) atoms. The van der Waals surface area contributed by atoms with Gasteiger partial charge >= 0.3 is 0 Å². The molecule has 0 aromatic heterocycles. The van der Waals surface area contributed by atoms with Gasteiger partial charge in [0.1, 0.15) is 11.9 Å². The maximum atomic E-state index is 10.8. The first-order valence-corrected chi connectivity index (χ1v) is 9.59. The third-order valence-corrected chi connectivity index (χ3v) is 5.78. The van der Waals surface area contributed by atoms with E-state index in [4.69, 9.17) is 15.2 Å². The lowest BCUT2D eigenvalue weighted by atomic mass is 9.83. The van der Waals surface area contributed by atoms with Crippen molar-refractivity contribution < 1.29 is 14.3 Å². The molecule has 2 aliphatic rings. The van der Waals surface area contributed by atoms with E-state index >= 15 is 0 Å². The van der Waals surface area contributed by atoms with Gasteiger partial charge in [0.05, 0.1) is 13.2 Å². The van der Waals surface area contributed by atoms with Crippen LogP contribution in [-0.4, -0.2) is 57.2 Å². The van der Waals surface area contributed by atoms with E-state index in [2.05, 4.69) is 29.3 Å². The van der Waals surface area contributed by atoms with Gasteiger partial charge in [-0.05, 0) is 49.9 Å². The summed E-state index contributed by atoms with van der Waals surface area (Å²) in [6.07, 6.45) is 3.91. The van der Waals surface area contributed by atoms with Gasteiger partial charge in [-0.15, -0.1) is 24.8 Å². The zero-order valence-electron chi connectivity index (χ0n) is 16.7. The number of likely N-dealkylation sites (tertiary alicyclic amines) is 1. The van der Waals surface area contributed by atoms with E-state index in [1.165, 1.54) is 5.56 Å². The van der Waals surface area contributed by atoms with Crippen LogP contribution < -0.4 is 15.8 Å². The monoisotopic (exact) mass is 433 g/mol. The van der Waals surface area contributed by atoms with E-state index < -0.39 is 0 Å². The van der Waals surface area contributed by atoms with Gasteiger partial charge in [0, 0.05) is 31.6 Å². The summed E-state index contributed by atoms with van der Waals surface area (Å²) in [4.78, 5) is 13.2. The summed E-state index contributed by atoms with van der Waals surface area (Å²) in [6, 6.07) is 4.19. The Morgan fingerprint density at radius 1 is 1.32 bits per heavy atom. The first kappa shape index (κ1) is 25.0. The Hall–Kier alpha value is -1.05. The standard InChI is InChI=1S/C20H31N3O3.2ClH/c1-14-3-4-16-17(20(14)25-2)11-18(26-19(16)12-22-13-24)15-5-8-23(9-6-15)10-7-21;;/h3-4,13,15,18-19H,5-12,21H2,1-2H3,(H,22,24);2*1H. The van der Waals surface area contributed by atoms with Crippen molar-refractivity contribution in [3.63, 3.8) is 0 Å². The summed E-state index contributed by atoms with van der Waals surface area (Å²) in [5.74, 6) is 1.49. The molecule has 1 aromatic rings. The molecule has 0 radical (unpaired) electrons. The Labute approximate surface area is 180 Å². The molecule has 2 unspecified atom stereocenters. The van der Waals surface area contributed by atoms with Crippen LogP contribution in [0.15, 0.2) is 12.1 Å². The van der Waals surface area contributed by atoms with Crippen LogP contribution in [-0.2, 0) is 16.0 Å². The van der Waals surface area contributed by atoms with Crippen LogP contribution in [0.5, 0.6) is 5.75 Å². The fourth-order valence-corrected chi connectivity index (χ4v) is 4.41. The molecule has 8 heteroatoms. The number of rotatable bonds is 7. The van der Waals surface area contributed by atoms with E-state index in [0.29, 0.717) is 19.0 Å². The number of nitrogens with zero attached hydrogens (tertiary/aromatic N) is 1. The highest BCUT2D eigenvalue weighted by atomic mass is 35.5. The van der Waals surface area contributed by atoms with Crippen molar-refractivity contribution in [3.8, 4) is 5.75 Å². The predicted molar refractivity (Wildman–Crippen MR) is 116 cm³/mol. The molecule has 3 rings (SSSR count). The SMILES string of the molecule is COc1c(C)ccc2c1CC(C1CCN(CCN)CC1)OC2CNC=O.Cl.Cl. The number of fused-ring (bicyclic) bond motifs is 1. The lowest BCUT2D eigenvalue weighted by Crippen LogP contribution is -2.43. The molecular weight excluding hydrogens is 401 g/mol. The minimum absolute atomic E-state index is 0. The highest BCUT2D eigenvalue weighted by Gasteiger charge is 2.35. The van der Waals surface area contributed by atoms with E-state index in [1.807, 2.05) is 0 Å². The Morgan fingerprint density at radius 3 is 2.64 bits per heavy atom. The van der Waals surface area contributed by atoms with Crippen molar-refractivity contribution in [2.24, 2.45) is 11.7 Å². The minimum atomic E-state index is -0.120. The number of piperidine rings is 1. The molecule has 0 bridgehead atoms. The molecule has 1 fully saturated rings. The predicted octanol–water partition coefficient (Wildman–Crippen LogP) is 2.25. The first-order valence-electron chi connectivity index (χ1n) is 9.59. The molecule has 0 aliphatic carbocycles. The first-order chi connectivity index (χ1) is 12.7. The highest BCUT2D eigenvalue weighted by molar-refractivity contribution is 5.85. The molecule has 2 atom stereocenters. The third-order valence-electron chi connectivity index (χ3n) is 5.78. The van der Waals surface area contributed by atoms with Crippen molar-refractivity contribution in [2.45, 2.75) is 38.4 Å². The Morgan fingerprint density at radius 2 is 2.04 bits per heavy atom. The number of benzene rings is 1. The average Bonchev–Trinajstić information content (AvgIpc) is 2.66. The molecule has 2 aliphatic heterocycles. The number of carbonyl (C=O) groups is 1. The largest absolute Gasteiger partial charge is 0.496 e. The smallest absolute Gasteiger partial charge is 0.207 e. The van der Waals surface area contributed by atoms with E-state index in [0.717, 1.165) is 62.2 Å². The molecular formula is C20H33Cl2N3O3. The molecule has 2 heterocycles. The van der Waals surface area contributed by atoms with Crippen molar-refractivity contribution in [1.29, 1.82) is 0 Å². The maximum absolute atomic E-state index is 10.8. The van der Waals surface area contributed by atoms with E-state index in [-0.39, 0.29) is 37.0 Å². The fourth-order valence-electron chi connectivity index (χ4n) is 4.41. The molecule has 160 valence electrons. The van der Waals surface area contributed by atoms with Crippen molar-refractivity contribution in [1.82, 2.24) is 10.2 Å². The molecule has 3 N–H and O–H groups in total. The number of hydrogen-bond donors (Lipinski definition) is 2. The van der Waals surface area contributed by atoms with Crippen LogP contribution in [0.2, 0.25) is 0 Å². The molecule has 1 aromatic carbocycles. The number of hydrogen-bond acceptors (Lipinski definition) is 5. The number of nitrogens with one attached hydrogen (secondary N) is 1. The number of nitrogens with two attached hydrogens (primary N) is 1. The number of methoxy groups -OCH3 is 1. The molecule has 0 saturated carbocycles. The molecule has 0 spiro atoms. The number of amides is 1. The van der Waals surface area contributed by atoms with Gasteiger partial charge in [0.2, 0.25) is 6.41 Å². The van der Waals surface area contributed by atoms with Crippen LogP contribution in [0.3, 0.4) is 0 Å². The van der Waals surface area contributed by atoms with Gasteiger partial charge in [-0.3, -0.25) is 4.79 Å². The zero-order valence-corrected chi connectivity index (χ0v) is 18.3. The van der Waals surface area contributed by atoms with E-state index in [1.54, 1.807) is 7.11 Å². The van der Waals surface area contributed by atoms with Crippen molar-refractivity contribution >= 4 is 31.2 Å². The highest BCUT2D eigenvalue weighted by Crippen LogP contribution is 2.40. The summed E-state index contributed by atoms with van der Waals surface area (Å²) in [5, 5.41) is 2.79. The third kappa shape index (κ3) is 5.51. The van der Waals surface area contributed by atoms with Crippen LogP contribution in [0.25, 0.3) is 0 Å². The van der Waals surface area contributed by atoms with Gasteiger partial charge < -0.3 is 25.4 Å². The second kappa shape index (κ2) is 11.8. The number of ether oxygens (including phenoxy) is 2. The van der Waals surface area contributed by atoms with Crippen LogP contribution in [0, 0.1) is 12.8 Å². The Kier molecular flexibility index (Phi) is 10.6. The fraction of sp³-hybridized carbons (Fsp3) is 0.650. The number of carbonyl (C=O) groups excluding carboxylic acids is 1. The van der Waals surface area contributed by atoms with Gasteiger partial charge in [-0.2, -0.15) is 0 Å². The normalized spacial score (nSPS) is 22.4. The van der Waals surface area contributed by atoms with Gasteiger partial charge in [0.25, 0.3) is 0 Å². The average molecular weight is 434 g/mol. The van der Waals surface area contributed by atoms with E-state index in [9.17, 15) is 4.79 Å². The summed E-state index contributed by atoms with van der Waals surface area (Å²) in [6.45, 7) is 6.42. The van der Waals surface area contributed by atoms with Crippen LogP contribution >= 0.6 is 24.8 Å². The van der Waals surface area contributed by atoms with Crippen LogP contribution in [0.4, 0.5) is 0 Å². The topological polar surface area (TPSA) is 76.8 Å². The van der Waals surface area contributed by atoms with Gasteiger partial charge in [-0.25, -0.2) is 0 Å². The summed E-state index contributed by atoms with van der Waals surface area (Å²) >= 11 is 0. The Bertz CT molecular complexity index is 625. The molecule has 6 nitrogen and oxygen atoms in total. The second-order valence-electron chi connectivity index (χ2n) is 7.34. The summed E-state index contributed by atoms with van der Waals surface area (Å²) in [5.41, 5.74) is 9.21. The quantitative estimate of drug-likeness (QED) is 0.644. The lowest BCUT2D eigenvalue weighted by molar-refractivity contribution is -0.111. The maximum Gasteiger partial charge on any atom is 0.207 e. The second-order valence-corrected chi connectivity index (χ2v) is 7.34. The van der Waals surface area contributed by atoms with Crippen molar-refractivity contribution in [3.05, 3.63) is 28.8 Å². The number of halogens is 2. The minimum Gasteiger partial charge on any atom is -0.496 e. The summed E-state index contributed by atoms with van der Waals surface area (Å²) < 4.78 is 12.2. The van der Waals surface area contributed by atoms with Crippen molar-refractivity contribution in [2.75, 3.05) is 39.8 Å². The van der Waals surface area contributed by atoms with Crippen LogP contribution in [0.1, 0.15) is 35.6 Å². The molecule has 1 amide bonds. The number of aryl methyl sites for hydroxylation is 1.